The van der Waals surface area contributed by atoms with Crippen LogP contribution in [0.25, 0.3) is 22.3 Å². The third-order valence-electron chi connectivity index (χ3n) is 2.64. The van der Waals surface area contributed by atoms with Gasteiger partial charge in [-0.3, -0.25) is 4.98 Å². The van der Waals surface area contributed by atoms with Crippen molar-refractivity contribution in [2.75, 3.05) is 5.88 Å². The molecule has 4 nitrogen and oxygen atoms in total. The normalized spacial score (nSPS) is 10.9. The Morgan fingerprint density at radius 2 is 2.17 bits per heavy atom. The zero-order valence-corrected chi connectivity index (χ0v) is 10.3. The molecule has 0 fully saturated rings. The van der Waals surface area contributed by atoms with E-state index >= 15 is 0 Å². The Hall–Kier alpha value is -1.94. The average molecular weight is 260 g/mol. The fourth-order valence-electron chi connectivity index (χ4n) is 1.77. The van der Waals surface area contributed by atoms with Crippen LogP contribution >= 0.6 is 11.6 Å². The van der Waals surface area contributed by atoms with Crippen molar-refractivity contribution in [1.29, 1.82) is 0 Å². The number of alkyl halides is 1. The number of pyridine rings is 1. The van der Waals surface area contributed by atoms with Crippen LogP contribution in [-0.4, -0.2) is 21.0 Å². The van der Waals surface area contributed by atoms with Gasteiger partial charge in [-0.25, -0.2) is 0 Å². The second-order valence-electron chi connectivity index (χ2n) is 3.86. The van der Waals surface area contributed by atoms with Crippen LogP contribution in [0.4, 0.5) is 0 Å². The Morgan fingerprint density at radius 1 is 1.22 bits per heavy atom. The molecule has 0 bridgehead atoms. The van der Waals surface area contributed by atoms with E-state index < -0.39 is 0 Å². The van der Waals surface area contributed by atoms with E-state index in [0.29, 0.717) is 24.0 Å². The Balaban J connectivity index is 2.02. The van der Waals surface area contributed by atoms with Crippen molar-refractivity contribution in [3.63, 3.8) is 0 Å². The quantitative estimate of drug-likeness (QED) is 0.679. The number of aromatic nitrogens is 3. The Morgan fingerprint density at radius 3 is 3.06 bits per heavy atom. The van der Waals surface area contributed by atoms with E-state index in [0.717, 1.165) is 16.5 Å². The molecule has 2 aromatic heterocycles. The molecule has 3 aromatic rings. The second-order valence-corrected chi connectivity index (χ2v) is 4.24. The third kappa shape index (κ3) is 2.07. The maximum Gasteiger partial charge on any atom is 0.228 e. The molecule has 0 radical (unpaired) electrons. The van der Waals surface area contributed by atoms with Crippen LogP contribution in [0.15, 0.2) is 41.1 Å². The highest BCUT2D eigenvalue weighted by Crippen LogP contribution is 2.21. The highest BCUT2D eigenvalue weighted by Gasteiger charge is 2.08. The lowest BCUT2D eigenvalue weighted by Gasteiger charge is -1.98. The zero-order chi connectivity index (χ0) is 12.4. The predicted molar refractivity (Wildman–Crippen MR) is 69.5 cm³/mol. The average Bonchev–Trinajstić information content (AvgIpc) is 2.87. The largest absolute Gasteiger partial charge is 0.339 e. The molecule has 0 N–H and O–H groups in total. The van der Waals surface area contributed by atoms with Gasteiger partial charge in [0.2, 0.25) is 11.7 Å². The number of nitrogens with zero attached hydrogens (tertiary/aromatic N) is 3. The molecule has 0 saturated carbocycles. The first-order chi connectivity index (χ1) is 8.86. The van der Waals surface area contributed by atoms with Crippen LogP contribution in [-0.2, 0) is 6.42 Å². The van der Waals surface area contributed by atoms with E-state index in [1.807, 2.05) is 30.3 Å². The molecule has 2 heterocycles. The van der Waals surface area contributed by atoms with Crippen LogP contribution in [0.1, 0.15) is 5.89 Å². The summed E-state index contributed by atoms with van der Waals surface area (Å²) in [6, 6.07) is 9.79. The third-order valence-corrected chi connectivity index (χ3v) is 2.83. The van der Waals surface area contributed by atoms with Gasteiger partial charge in [0.25, 0.3) is 0 Å². The van der Waals surface area contributed by atoms with Gasteiger partial charge in [-0.05, 0) is 24.3 Å². The van der Waals surface area contributed by atoms with Crippen molar-refractivity contribution in [2.24, 2.45) is 0 Å². The van der Waals surface area contributed by atoms with Crippen molar-refractivity contribution < 1.29 is 4.52 Å². The Kier molecular flexibility index (Phi) is 2.94. The minimum Gasteiger partial charge on any atom is -0.339 e. The van der Waals surface area contributed by atoms with E-state index in [4.69, 9.17) is 16.1 Å². The van der Waals surface area contributed by atoms with Crippen molar-refractivity contribution in [3.05, 3.63) is 42.4 Å². The minimum absolute atomic E-state index is 0.475. The lowest BCUT2D eigenvalue weighted by Crippen LogP contribution is -1.86. The summed E-state index contributed by atoms with van der Waals surface area (Å²) in [7, 11) is 0. The molecule has 0 unspecified atom stereocenters. The molecular weight excluding hydrogens is 250 g/mol. The maximum atomic E-state index is 5.63. The molecule has 0 amide bonds. The van der Waals surface area contributed by atoms with E-state index in [1.54, 1.807) is 6.20 Å². The van der Waals surface area contributed by atoms with Gasteiger partial charge in [0.05, 0.1) is 5.52 Å². The Bertz CT molecular complexity index is 681. The van der Waals surface area contributed by atoms with Gasteiger partial charge < -0.3 is 4.52 Å². The topological polar surface area (TPSA) is 51.8 Å². The fourth-order valence-corrected chi connectivity index (χ4v) is 1.93. The summed E-state index contributed by atoms with van der Waals surface area (Å²) in [6.07, 6.45) is 2.36. The number of hydrogen-bond donors (Lipinski definition) is 0. The molecule has 0 aliphatic heterocycles. The fraction of sp³-hybridized carbons (Fsp3) is 0.154. The molecule has 90 valence electrons. The lowest BCUT2D eigenvalue weighted by atomic mass is 10.1. The zero-order valence-electron chi connectivity index (χ0n) is 9.51. The standard InChI is InChI=1S/C13H10ClN3O/c14-6-5-12-16-13(17-18-12)10-3-4-11-9(8-10)2-1-7-15-11/h1-4,7-8H,5-6H2. The van der Waals surface area contributed by atoms with Crippen molar-refractivity contribution in [2.45, 2.75) is 6.42 Å². The highest BCUT2D eigenvalue weighted by molar-refractivity contribution is 6.17. The van der Waals surface area contributed by atoms with Gasteiger partial charge in [-0.1, -0.05) is 11.2 Å². The summed E-state index contributed by atoms with van der Waals surface area (Å²) in [6.45, 7) is 0. The molecular formula is C13H10ClN3O. The van der Waals surface area contributed by atoms with Gasteiger partial charge in [0.1, 0.15) is 0 Å². The van der Waals surface area contributed by atoms with Crippen LogP contribution in [0, 0.1) is 0 Å². The number of rotatable bonds is 3. The summed E-state index contributed by atoms with van der Waals surface area (Å²) < 4.78 is 5.11. The van der Waals surface area contributed by atoms with Gasteiger partial charge >= 0.3 is 0 Å². The molecule has 0 atom stereocenters. The molecule has 0 aliphatic carbocycles. The molecule has 0 saturated heterocycles. The van der Waals surface area contributed by atoms with Crippen LogP contribution in [0.3, 0.4) is 0 Å². The van der Waals surface area contributed by atoms with Crippen LogP contribution in [0.5, 0.6) is 0 Å². The first-order valence-electron chi connectivity index (χ1n) is 5.60. The molecule has 5 heteroatoms. The monoisotopic (exact) mass is 259 g/mol. The summed E-state index contributed by atoms with van der Waals surface area (Å²) in [5.74, 6) is 1.62. The number of fused-ring (bicyclic) bond motifs is 1. The smallest absolute Gasteiger partial charge is 0.228 e. The second kappa shape index (κ2) is 4.74. The molecule has 18 heavy (non-hydrogen) atoms. The summed E-state index contributed by atoms with van der Waals surface area (Å²) >= 11 is 5.63. The molecule has 0 aliphatic rings. The van der Waals surface area contributed by atoms with Crippen LogP contribution in [0.2, 0.25) is 0 Å². The molecule has 0 spiro atoms. The minimum atomic E-state index is 0.475. The first kappa shape index (κ1) is 11.2. The molecule has 3 rings (SSSR count). The van der Waals surface area contributed by atoms with Crippen molar-refractivity contribution in [3.8, 4) is 11.4 Å². The lowest BCUT2D eigenvalue weighted by molar-refractivity contribution is 0.383. The summed E-state index contributed by atoms with van der Waals surface area (Å²) in [5, 5.41) is 5.00. The highest BCUT2D eigenvalue weighted by atomic mass is 35.5. The number of aryl methyl sites for hydroxylation is 1. The van der Waals surface area contributed by atoms with Gasteiger partial charge in [-0.15, -0.1) is 11.6 Å². The number of halogens is 1. The van der Waals surface area contributed by atoms with Gasteiger partial charge in [0, 0.05) is 29.4 Å². The van der Waals surface area contributed by atoms with Gasteiger partial charge in [-0.2, -0.15) is 4.98 Å². The first-order valence-corrected chi connectivity index (χ1v) is 6.14. The summed E-state index contributed by atoms with van der Waals surface area (Å²) in [5.41, 5.74) is 1.87. The van der Waals surface area contributed by atoms with Crippen molar-refractivity contribution >= 4 is 22.5 Å². The van der Waals surface area contributed by atoms with E-state index in [9.17, 15) is 0 Å². The summed E-state index contributed by atoms with van der Waals surface area (Å²) in [4.78, 5) is 8.56. The van der Waals surface area contributed by atoms with Crippen LogP contribution < -0.4 is 0 Å². The van der Waals surface area contributed by atoms with E-state index in [-0.39, 0.29) is 0 Å². The van der Waals surface area contributed by atoms with Crippen molar-refractivity contribution in [1.82, 2.24) is 15.1 Å². The number of hydrogen-bond acceptors (Lipinski definition) is 4. The Labute approximate surface area is 109 Å². The number of benzene rings is 1. The predicted octanol–water partition coefficient (Wildman–Crippen LogP) is 3.07. The van der Waals surface area contributed by atoms with Gasteiger partial charge in [0.15, 0.2) is 0 Å². The van der Waals surface area contributed by atoms with E-state index in [2.05, 4.69) is 15.1 Å². The maximum absolute atomic E-state index is 5.63. The van der Waals surface area contributed by atoms with E-state index in [1.165, 1.54) is 0 Å². The SMILES string of the molecule is ClCCc1nc(-c2ccc3ncccc3c2)no1. The molecule has 1 aromatic carbocycles.